The van der Waals surface area contributed by atoms with Gasteiger partial charge in [0.25, 0.3) is 0 Å². The summed E-state index contributed by atoms with van der Waals surface area (Å²) in [6.45, 7) is 2.20. The molecule has 1 aliphatic heterocycles. The van der Waals surface area contributed by atoms with E-state index < -0.39 is 0 Å². The van der Waals surface area contributed by atoms with Crippen molar-refractivity contribution < 1.29 is 5.11 Å². The summed E-state index contributed by atoms with van der Waals surface area (Å²) in [5, 5.41) is 23.0. The van der Waals surface area contributed by atoms with Gasteiger partial charge in [0.15, 0.2) is 0 Å². The van der Waals surface area contributed by atoms with Gasteiger partial charge in [-0.15, -0.1) is 0 Å². The Morgan fingerprint density at radius 1 is 0.938 bits per heavy atom. The highest BCUT2D eigenvalue weighted by molar-refractivity contribution is 6.06. The van der Waals surface area contributed by atoms with Crippen LogP contribution >= 0.6 is 0 Å². The summed E-state index contributed by atoms with van der Waals surface area (Å²) in [6, 6.07) is 17.4. The summed E-state index contributed by atoms with van der Waals surface area (Å²) in [4.78, 5) is 2.46. The lowest BCUT2D eigenvalue weighted by Gasteiger charge is -2.36. The van der Waals surface area contributed by atoms with E-state index in [1.54, 1.807) is 0 Å². The van der Waals surface area contributed by atoms with Gasteiger partial charge in [0.05, 0.1) is 11.6 Å². The molecule has 160 valence electrons. The number of fused-ring (bicyclic) bond motifs is 10. The van der Waals surface area contributed by atoms with Gasteiger partial charge in [-0.25, -0.2) is 0 Å². The van der Waals surface area contributed by atoms with E-state index in [-0.39, 0.29) is 5.41 Å². The fourth-order valence-corrected chi connectivity index (χ4v) is 7.72. The van der Waals surface area contributed by atoms with Gasteiger partial charge in [-0.3, -0.25) is 0 Å². The van der Waals surface area contributed by atoms with Gasteiger partial charge in [-0.1, -0.05) is 18.6 Å². The first-order valence-corrected chi connectivity index (χ1v) is 12.3. The summed E-state index contributed by atoms with van der Waals surface area (Å²) in [5.74, 6) is 1.79. The first-order valence-electron chi connectivity index (χ1n) is 12.3. The minimum Gasteiger partial charge on any atom is -0.507 e. The first kappa shape index (κ1) is 18.6. The van der Waals surface area contributed by atoms with Gasteiger partial charge in [0.1, 0.15) is 5.75 Å². The zero-order valence-corrected chi connectivity index (χ0v) is 18.4. The molecule has 2 saturated carbocycles. The van der Waals surface area contributed by atoms with Crippen molar-refractivity contribution in [2.45, 2.75) is 50.4 Å². The van der Waals surface area contributed by atoms with E-state index in [0.29, 0.717) is 11.7 Å². The number of phenolic OH excluding ortho intramolecular Hbond substituents is 1. The van der Waals surface area contributed by atoms with Gasteiger partial charge >= 0.3 is 0 Å². The Balaban J connectivity index is 1.49. The molecule has 3 aliphatic carbocycles. The molecule has 2 bridgehead atoms. The lowest BCUT2D eigenvalue weighted by Crippen LogP contribution is -2.31. The summed E-state index contributed by atoms with van der Waals surface area (Å²) in [7, 11) is 0. The molecule has 0 amide bonds. The van der Waals surface area contributed by atoms with E-state index in [9.17, 15) is 10.4 Å². The largest absolute Gasteiger partial charge is 0.507 e. The average Bonchev–Trinajstić information content (AvgIpc) is 3.53. The predicted molar refractivity (Wildman–Crippen MR) is 128 cm³/mol. The average molecular weight is 421 g/mol. The van der Waals surface area contributed by atoms with Crippen LogP contribution in [0.15, 0.2) is 42.5 Å². The second-order valence-corrected chi connectivity index (χ2v) is 10.5. The molecular formula is C29H28N2O. The lowest BCUT2D eigenvalue weighted by molar-refractivity contribution is 0.326. The van der Waals surface area contributed by atoms with E-state index in [4.69, 9.17) is 0 Å². The van der Waals surface area contributed by atoms with Gasteiger partial charge < -0.3 is 10.0 Å². The number of aromatic hydroxyl groups is 1. The van der Waals surface area contributed by atoms with Crippen molar-refractivity contribution in [3.05, 3.63) is 59.2 Å². The summed E-state index contributed by atoms with van der Waals surface area (Å²) < 4.78 is 0. The monoisotopic (exact) mass is 420 g/mol. The minimum atomic E-state index is -0.0301. The Morgan fingerprint density at radius 2 is 1.81 bits per heavy atom. The fourth-order valence-electron chi connectivity index (χ4n) is 7.72. The molecule has 1 saturated heterocycles. The van der Waals surface area contributed by atoms with Crippen LogP contribution in [0.4, 0.5) is 5.69 Å². The Kier molecular flexibility index (Phi) is 3.78. The molecule has 3 aromatic rings. The Labute approximate surface area is 189 Å². The van der Waals surface area contributed by atoms with Crippen LogP contribution in [-0.4, -0.2) is 18.2 Å². The summed E-state index contributed by atoms with van der Waals surface area (Å²) >= 11 is 0. The van der Waals surface area contributed by atoms with Crippen LogP contribution in [0.5, 0.6) is 5.75 Å². The Morgan fingerprint density at radius 3 is 2.56 bits per heavy atom. The molecule has 0 radical (unpaired) electrons. The number of hydrogen-bond donors (Lipinski definition) is 1. The molecule has 0 aromatic heterocycles. The number of phenols is 1. The van der Waals surface area contributed by atoms with Crippen molar-refractivity contribution in [1.82, 2.24) is 0 Å². The number of piperidine rings is 1. The van der Waals surface area contributed by atoms with Crippen molar-refractivity contribution in [2.24, 2.45) is 11.8 Å². The van der Waals surface area contributed by atoms with Crippen LogP contribution in [0.1, 0.15) is 61.6 Å². The van der Waals surface area contributed by atoms with Gasteiger partial charge in [-0.05, 0) is 108 Å². The molecule has 1 heterocycles. The van der Waals surface area contributed by atoms with E-state index in [2.05, 4.69) is 47.4 Å². The fraction of sp³-hybridized carbons (Fsp3) is 0.414. The third kappa shape index (κ3) is 2.31. The molecule has 3 nitrogen and oxygen atoms in total. The number of nitrogens with zero attached hydrogens (tertiary/aromatic N) is 2. The second-order valence-electron chi connectivity index (χ2n) is 10.5. The number of hydrogen-bond acceptors (Lipinski definition) is 3. The third-order valence-electron chi connectivity index (χ3n) is 9.05. The molecule has 4 aliphatic rings. The highest BCUT2D eigenvalue weighted by atomic mass is 16.3. The molecule has 32 heavy (non-hydrogen) atoms. The van der Waals surface area contributed by atoms with Crippen molar-refractivity contribution in [1.29, 1.82) is 5.26 Å². The highest BCUT2D eigenvalue weighted by Gasteiger charge is 2.57. The van der Waals surface area contributed by atoms with Gasteiger partial charge in [-0.2, -0.15) is 5.26 Å². The highest BCUT2D eigenvalue weighted by Crippen LogP contribution is 2.67. The van der Waals surface area contributed by atoms with Crippen LogP contribution in [0.3, 0.4) is 0 Å². The quantitative estimate of drug-likeness (QED) is 0.489. The zero-order valence-electron chi connectivity index (χ0n) is 18.4. The smallest absolute Gasteiger partial charge is 0.123 e. The molecule has 3 fully saturated rings. The van der Waals surface area contributed by atoms with Crippen molar-refractivity contribution in [3.8, 4) is 22.9 Å². The Hall–Kier alpha value is -2.99. The number of anilines is 1. The number of benzene rings is 3. The molecule has 3 unspecified atom stereocenters. The van der Waals surface area contributed by atoms with Crippen LogP contribution in [0.2, 0.25) is 0 Å². The zero-order chi connectivity index (χ0) is 21.4. The Bertz CT molecular complexity index is 1310. The number of nitriles is 1. The van der Waals surface area contributed by atoms with Crippen molar-refractivity contribution in [3.63, 3.8) is 0 Å². The molecular weight excluding hydrogens is 392 g/mol. The van der Waals surface area contributed by atoms with Crippen LogP contribution in [0, 0.1) is 23.2 Å². The maximum Gasteiger partial charge on any atom is 0.123 e. The van der Waals surface area contributed by atoms with Crippen LogP contribution < -0.4 is 4.90 Å². The first-order chi connectivity index (χ1) is 15.7. The maximum atomic E-state index is 11.3. The topological polar surface area (TPSA) is 47.3 Å². The SMILES string of the molecule is N#Cc1ccc2c(c1)C1(CC3CCC1C3)c1cc(O)c3cc(N4CCCCC4)ccc3c1-2. The predicted octanol–water partition coefficient (Wildman–Crippen LogP) is 6.49. The molecule has 1 N–H and O–H groups in total. The maximum absolute atomic E-state index is 11.3. The third-order valence-corrected chi connectivity index (χ3v) is 9.05. The van der Waals surface area contributed by atoms with E-state index in [0.717, 1.165) is 41.8 Å². The van der Waals surface area contributed by atoms with E-state index in [1.165, 1.54) is 66.5 Å². The minimum absolute atomic E-state index is 0.0301. The van der Waals surface area contributed by atoms with Crippen LogP contribution in [-0.2, 0) is 5.41 Å². The van der Waals surface area contributed by atoms with Crippen molar-refractivity contribution in [2.75, 3.05) is 18.0 Å². The molecule has 1 spiro atoms. The summed E-state index contributed by atoms with van der Waals surface area (Å²) in [5.41, 5.74) is 7.17. The normalized spacial score (nSPS) is 27.7. The molecule has 3 aromatic carbocycles. The molecule has 3 heteroatoms. The summed E-state index contributed by atoms with van der Waals surface area (Å²) in [6.07, 6.45) is 8.82. The van der Waals surface area contributed by atoms with Crippen LogP contribution in [0.25, 0.3) is 21.9 Å². The van der Waals surface area contributed by atoms with E-state index in [1.807, 2.05) is 6.07 Å². The standard InChI is InChI=1S/C29H28N2O/c30-17-19-5-8-23-25(13-19)29(16-18-4-6-20(29)12-18)26-15-27(32)24-14-21(7-9-22(24)28(23)26)31-10-2-1-3-11-31/h5,7-9,13-15,18,20,32H,1-4,6,10-12,16H2. The van der Waals surface area contributed by atoms with Gasteiger partial charge in [0.2, 0.25) is 0 Å². The van der Waals surface area contributed by atoms with Crippen molar-refractivity contribution >= 4 is 16.5 Å². The lowest BCUT2D eigenvalue weighted by atomic mass is 9.66. The van der Waals surface area contributed by atoms with E-state index >= 15 is 0 Å². The molecule has 7 rings (SSSR count). The second kappa shape index (κ2) is 6.51. The molecule has 3 atom stereocenters. The number of rotatable bonds is 1. The van der Waals surface area contributed by atoms with Gasteiger partial charge in [0, 0.05) is 29.6 Å².